The molecule has 0 saturated carbocycles. The maximum Gasteiger partial charge on any atom is 0.244 e. The van der Waals surface area contributed by atoms with E-state index in [9.17, 15) is 14.0 Å². The second-order valence-electron chi connectivity index (χ2n) is 6.49. The highest BCUT2D eigenvalue weighted by Crippen LogP contribution is 2.29. The first-order chi connectivity index (χ1) is 14.3. The highest BCUT2D eigenvalue weighted by molar-refractivity contribution is 6.39. The molecule has 1 aromatic heterocycles. The van der Waals surface area contributed by atoms with Crippen LogP contribution < -0.4 is 5.32 Å². The highest BCUT2D eigenvalue weighted by Gasteiger charge is 2.17. The Morgan fingerprint density at radius 2 is 1.83 bits per heavy atom. The zero-order chi connectivity index (χ0) is 21.7. The molecule has 156 valence electrons. The van der Waals surface area contributed by atoms with E-state index in [1.807, 2.05) is 0 Å². The van der Waals surface area contributed by atoms with E-state index < -0.39 is 11.7 Å². The lowest BCUT2D eigenvalue weighted by molar-refractivity contribution is -0.133. The number of anilines is 1. The largest absolute Gasteiger partial charge is 0.441 e. The summed E-state index contributed by atoms with van der Waals surface area (Å²) in [5, 5.41) is 3.21. The molecule has 0 saturated heterocycles. The maximum absolute atomic E-state index is 13.8. The van der Waals surface area contributed by atoms with Gasteiger partial charge in [0, 0.05) is 19.9 Å². The van der Waals surface area contributed by atoms with Crippen molar-refractivity contribution in [1.29, 1.82) is 0 Å². The van der Waals surface area contributed by atoms with Gasteiger partial charge < -0.3 is 14.6 Å². The number of para-hydroxylation sites is 1. The Hall–Kier alpha value is -2.90. The lowest BCUT2D eigenvalue weighted by Gasteiger charge is -2.17. The summed E-state index contributed by atoms with van der Waals surface area (Å²) in [6.07, 6.45) is 1.71. The fraction of sp³-hybridized carbons (Fsp3) is 0.190. The number of benzene rings is 2. The van der Waals surface area contributed by atoms with Crippen LogP contribution in [0.5, 0.6) is 0 Å². The Kier molecular flexibility index (Phi) is 7.07. The Balaban J connectivity index is 1.52. The lowest BCUT2D eigenvalue weighted by Crippen LogP contribution is -2.35. The van der Waals surface area contributed by atoms with Crippen molar-refractivity contribution in [3.05, 3.63) is 70.4 Å². The standard InChI is InChI=1S/C21H18Cl2FN3O3/c1-27(12-18(28)26-21-14(22)6-4-7-15(21)23)20(29)10-9-19-25-11-17(30-19)13-5-2-3-8-16(13)24/h2-8,11H,9-10,12H2,1H3,(H,26,28). The smallest absolute Gasteiger partial charge is 0.244 e. The van der Waals surface area contributed by atoms with E-state index in [1.165, 1.54) is 24.2 Å². The van der Waals surface area contributed by atoms with E-state index in [2.05, 4.69) is 10.3 Å². The molecule has 1 heterocycles. The van der Waals surface area contributed by atoms with Crippen molar-refractivity contribution >= 4 is 40.7 Å². The normalized spacial score (nSPS) is 10.7. The second-order valence-corrected chi connectivity index (χ2v) is 7.31. The van der Waals surface area contributed by atoms with E-state index >= 15 is 0 Å². The zero-order valence-corrected chi connectivity index (χ0v) is 17.5. The number of nitrogens with zero attached hydrogens (tertiary/aromatic N) is 2. The molecule has 30 heavy (non-hydrogen) atoms. The van der Waals surface area contributed by atoms with Gasteiger partial charge in [0.25, 0.3) is 0 Å². The summed E-state index contributed by atoms with van der Waals surface area (Å²) in [5.41, 5.74) is 0.599. The summed E-state index contributed by atoms with van der Waals surface area (Å²) >= 11 is 12.1. The van der Waals surface area contributed by atoms with Crippen molar-refractivity contribution in [2.75, 3.05) is 18.9 Å². The highest BCUT2D eigenvalue weighted by atomic mass is 35.5. The molecule has 3 aromatic rings. The topological polar surface area (TPSA) is 75.4 Å². The second kappa shape index (κ2) is 9.73. The number of amides is 2. The van der Waals surface area contributed by atoms with E-state index in [0.717, 1.165) is 0 Å². The van der Waals surface area contributed by atoms with Crippen molar-refractivity contribution in [1.82, 2.24) is 9.88 Å². The SMILES string of the molecule is CN(CC(=O)Nc1c(Cl)cccc1Cl)C(=O)CCc1ncc(-c2ccccc2F)o1. The number of aryl methyl sites for hydroxylation is 1. The Morgan fingerprint density at radius 1 is 1.13 bits per heavy atom. The number of hydrogen-bond acceptors (Lipinski definition) is 4. The number of rotatable bonds is 7. The van der Waals surface area contributed by atoms with Crippen LogP contribution >= 0.6 is 23.2 Å². The van der Waals surface area contributed by atoms with Gasteiger partial charge in [0.15, 0.2) is 11.7 Å². The molecule has 0 aliphatic carbocycles. The third-order valence-corrected chi connectivity index (χ3v) is 4.91. The van der Waals surface area contributed by atoms with Crippen molar-refractivity contribution in [2.24, 2.45) is 0 Å². The van der Waals surface area contributed by atoms with E-state index in [1.54, 1.807) is 36.4 Å². The van der Waals surface area contributed by atoms with Gasteiger partial charge in [-0.25, -0.2) is 9.37 Å². The minimum atomic E-state index is -0.432. The van der Waals surface area contributed by atoms with Crippen LogP contribution in [-0.4, -0.2) is 35.3 Å². The first kappa shape index (κ1) is 21.8. The number of aromatic nitrogens is 1. The summed E-state index contributed by atoms with van der Waals surface area (Å²) in [7, 11) is 1.51. The molecule has 3 rings (SSSR count). The molecular weight excluding hydrogens is 432 g/mol. The molecular formula is C21H18Cl2FN3O3. The van der Waals surface area contributed by atoms with Crippen LogP contribution in [-0.2, 0) is 16.0 Å². The van der Waals surface area contributed by atoms with Crippen molar-refractivity contribution in [2.45, 2.75) is 12.8 Å². The lowest BCUT2D eigenvalue weighted by atomic mass is 10.2. The predicted molar refractivity (Wildman–Crippen MR) is 113 cm³/mol. The van der Waals surface area contributed by atoms with Crippen LogP contribution in [0.1, 0.15) is 12.3 Å². The molecule has 0 aliphatic heterocycles. The van der Waals surface area contributed by atoms with Gasteiger partial charge in [-0.3, -0.25) is 9.59 Å². The average molecular weight is 450 g/mol. The summed E-state index contributed by atoms with van der Waals surface area (Å²) < 4.78 is 19.4. The molecule has 2 aromatic carbocycles. The molecule has 9 heteroatoms. The van der Waals surface area contributed by atoms with Crippen LogP contribution in [0.4, 0.5) is 10.1 Å². The van der Waals surface area contributed by atoms with Crippen LogP contribution in [0.3, 0.4) is 0 Å². The molecule has 1 N–H and O–H groups in total. The molecule has 0 bridgehead atoms. The van der Waals surface area contributed by atoms with Gasteiger partial charge in [0.2, 0.25) is 11.8 Å². The van der Waals surface area contributed by atoms with Gasteiger partial charge in [-0.1, -0.05) is 41.4 Å². The van der Waals surface area contributed by atoms with Gasteiger partial charge in [0.05, 0.1) is 34.0 Å². The molecule has 2 amide bonds. The van der Waals surface area contributed by atoms with Crippen LogP contribution in [0, 0.1) is 5.82 Å². The number of halogens is 3. The van der Waals surface area contributed by atoms with E-state index in [-0.39, 0.29) is 25.3 Å². The number of carbonyl (C=O) groups is 2. The molecule has 0 aliphatic rings. The van der Waals surface area contributed by atoms with Crippen molar-refractivity contribution < 1.29 is 18.4 Å². The summed E-state index contributed by atoms with van der Waals surface area (Å²) in [4.78, 5) is 29.9. The Bertz CT molecular complexity index is 1050. The number of hydrogen-bond donors (Lipinski definition) is 1. The minimum absolute atomic E-state index is 0.0772. The summed E-state index contributed by atoms with van der Waals surface area (Å²) in [5.74, 6) is -0.525. The first-order valence-corrected chi connectivity index (χ1v) is 9.78. The van der Waals surface area contributed by atoms with E-state index in [0.29, 0.717) is 32.9 Å². The van der Waals surface area contributed by atoms with E-state index in [4.69, 9.17) is 27.6 Å². The Morgan fingerprint density at radius 3 is 2.53 bits per heavy atom. The van der Waals surface area contributed by atoms with Crippen molar-refractivity contribution in [3.63, 3.8) is 0 Å². The maximum atomic E-state index is 13.8. The number of oxazole rings is 1. The fourth-order valence-electron chi connectivity index (χ4n) is 2.72. The van der Waals surface area contributed by atoms with Gasteiger partial charge >= 0.3 is 0 Å². The van der Waals surface area contributed by atoms with Crippen LogP contribution in [0.25, 0.3) is 11.3 Å². The monoisotopic (exact) mass is 449 g/mol. The first-order valence-electron chi connectivity index (χ1n) is 9.02. The molecule has 0 fully saturated rings. The minimum Gasteiger partial charge on any atom is -0.441 e. The van der Waals surface area contributed by atoms with Gasteiger partial charge in [-0.15, -0.1) is 0 Å². The molecule has 0 unspecified atom stereocenters. The third kappa shape index (κ3) is 5.37. The third-order valence-electron chi connectivity index (χ3n) is 4.28. The predicted octanol–water partition coefficient (Wildman–Crippen LogP) is 4.82. The zero-order valence-electron chi connectivity index (χ0n) is 16.0. The molecule has 0 atom stereocenters. The quantitative estimate of drug-likeness (QED) is 0.560. The van der Waals surface area contributed by atoms with Crippen LogP contribution in [0.15, 0.2) is 53.1 Å². The number of carbonyl (C=O) groups excluding carboxylic acids is 2. The van der Waals surface area contributed by atoms with Gasteiger partial charge in [0.1, 0.15) is 5.82 Å². The molecule has 0 radical (unpaired) electrons. The van der Waals surface area contributed by atoms with Crippen molar-refractivity contribution in [3.8, 4) is 11.3 Å². The summed E-state index contributed by atoms with van der Waals surface area (Å²) in [6.45, 7) is -0.174. The fourth-order valence-corrected chi connectivity index (χ4v) is 3.21. The number of nitrogens with one attached hydrogen (secondary N) is 1. The van der Waals surface area contributed by atoms with Gasteiger partial charge in [-0.2, -0.15) is 0 Å². The molecule has 6 nitrogen and oxygen atoms in total. The van der Waals surface area contributed by atoms with Crippen LogP contribution in [0.2, 0.25) is 10.0 Å². The molecule has 0 spiro atoms. The average Bonchev–Trinajstić information content (AvgIpc) is 3.18. The Labute approximate surface area is 182 Å². The number of likely N-dealkylation sites (N-methyl/N-ethyl adjacent to an activating group) is 1. The van der Waals surface area contributed by atoms with Gasteiger partial charge in [-0.05, 0) is 24.3 Å². The summed E-state index contributed by atoms with van der Waals surface area (Å²) in [6, 6.07) is 11.1.